The second-order valence-electron chi connectivity index (χ2n) is 10.2. The third-order valence-electron chi connectivity index (χ3n) is 7.81. The normalized spacial score (nSPS) is 21.4. The first-order valence-electron chi connectivity index (χ1n) is 12.6. The number of hydrogen-bond acceptors (Lipinski definition) is 4. The molecule has 4 heterocycles. The van der Waals surface area contributed by atoms with Gasteiger partial charge in [-0.2, -0.15) is 5.10 Å². The van der Waals surface area contributed by atoms with Crippen LogP contribution in [0.4, 0.5) is 5.69 Å². The van der Waals surface area contributed by atoms with Crippen molar-refractivity contribution in [1.82, 2.24) is 20.1 Å². The molecule has 6 nitrogen and oxygen atoms in total. The number of H-pyrrole nitrogens is 1. The standard InChI is InChI=1S/C29H31N5O/c1-19-2-4-23(16-28(19)31-17-20-8-10-30-11-9-20)29(35)34-25-5-6-26(34)15-22(14-25)12-21-3-7-27-24(13-21)18-32-33-27/h2-4,7-11,13,16,18,22,25-26,31H,5-6,12,14-15,17H2,1H3,(H,32,33)/t25-,26-/m0/s1. The van der Waals surface area contributed by atoms with Gasteiger partial charge < -0.3 is 10.2 Å². The van der Waals surface area contributed by atoms with Gasteiger partial charge in [0.2, 0.25) is 0 Å². The van der Waals surface area contributed by atoms with E-state index in [0.717, 1.165) is 54.4 Å². The number of carbonyl (C=O) groups is 1. The predicted molar refractivity (Wildman–Crippen MR) is 138 cm³/mol. The third kappa shape index (κ3) is 4.41. The number of pyridine rings is 1. The Balaban J connectivity index is 1.14. The highest BCUT2D eigenvalue weighted by Gasteiger charge is 2.43. The molecule has 0 radical (unpaired) electrons. The molecule has 1 amide bonds. The number of hydrogen-bond donors (Lipinski definition) is 2. The van der Waals surface area contributed by atoms with Gasteiger partial charge in [-0.15, -0.1) is 0 Å². The number of aromatic amines is 1. The average molecular weight is 466 g/mol. The summed E-state index contributed by atoms with van der Waals surface area (Å²) in [5.74, 6) is 0.805. The molecule has 6 rings (SSSR count). The van der Waals surface area contributed by atoms with Crippen molar-refractivity contribution in [3.8, 4) is 0 Å². The number of carbonyl (C=O) groups excluding carboxylic acids is 1. The SMILES string of the molecule is Cc1ccc(C(=O)N2[C@H]3CC[C@H]2CC(Cc2ccc4[nH]ncc4c2)C3)cc1NCc1ccncc1. The number of nitrogens with one attached hydrogen (secondary N) is 2. The quantitative estimate of drug-likeness (QED) is 0.394. The van der Waals surface area contributed by atoms with E-state index in [9.17, 15) is 4.79 Å². The van der Waals surface area contributed by atoms with E-state index in [1.54, 1.807) is 12.4 Å². The van der Waals surface area contributed by atoms with Gasteiger partial charge in [-0.25, -0.2) is 0 Å². The Morgan fingerprint density at radius 3 is 2.63 bits per heavy atom. The maximum absolute atomic E-state index is 13.7. The second kappa shape index (κ2) is 9.17. The van der Waals surface area contributed by atoms with Crippen molar-refractivity contribution in [3.63, 3.8) is 0 Å². The number of aryl methyl sites for hydroxylation is 1. The first kappa shape index (κ1) is 21.8. The largest absolute Gasteiger partial charge is 0.381 e. The Kier molecular flexibility index (Phi) is 5.72. The summed E-state index contributed by atoms with van der Waals surface area (Å²) in [5, 5.41) is 11.9. The van der Waals surface area contributed by atoms with Crippen LogP contribution in [0.5, 0.6) is 0 Å². The molecule has 4 aromatic rings. The van der Waals surface area contributed by atoms with Crippen molar-refractivity contribution >= 4 is 22.5 Å². The van der Waals surface area contributed by atoms with Crippen LogP contribution in [0.1, 0.15) is 52.7 Å². The molecule has 2 aliphatic rings. The fourth-order valence-corrected chi connectivity index (χ4v) is 6.03. The van der Waals surface area contributed by atoms with Crippen LogP contribution < -0.4 is 5.32 Å². The van der Waals surface area contributed by atoms with Gasteiger partial charge in [0.15, 0.2) is 0 Å². The summed E-state index contributed by atoms with van der Waals surface area (Å²) in [6.07, 6.45) is 11.0. The van der Waals surface area contributed by atoms with E-state index in [-0.39, 0.29) is 5.91 Å². The van der Waals surface area contributed by atoms with E-state index in [1.165, 1.54) is 16.5 Å². The highest BCUT2D eigenvalue weighted by molar-refractivity contribution is 5.96. The molecule has 178 valence electrons. The lowest BCUT2D eigenvalue weighted by atomic mass is 9.85. The zero-order valence-corrected chi connectivity index (χ0v) is 20.1. The van der Waals surface area contributed by atoms with Crippen molar-refractivity contribution in [2.75, 3.05) is 5.32 Å². The molecule has 2 fully saturated rings. The molecule has 2 aromatic heterocycles. The number of amides is 1. The van der Waals surface area contributed by atoms with Gasteiger partial charge in [0.1, 0.15) is 0 Å². The van der Waals surface area contributed by atoms with Crippen molar-refractivity contribution in [3.05, 3.63) is 89.4 Å². The number of aromatic nitrogens is 3. The van der Waals surface area contributed by atoms with Gasteiger partial charge in [0.05, 0.1) is 11.7 Å². The molecule has 0 spiro atoms. The Morgan fingerprint density at radius 1 is 1.03 bits per heavy atom. The van der Waals surface area contributed by atoms with E-state index >= 15 is 0 Å². The first-order chi connectivity index (χ1) is 17.1. The number of benzene rings is 2. The molecule has 0 unspecified atom stereocenters. The fraction of sp³-hybridized carbons (Fsp3) is 0.345. The summed E-state index contributed by atoms with van der Waals surface area (Å²) >= 11 is 0. The molecular weight excluding hydrogens is 434 g/mol. The van der Waals surface area contributed by atoms with E-state index in [2.05, 4.69) is 56.6 Å². The maximum Gasteiger partial charge on any atom is 0.254 e. The summed E-state index contributed by atoms with van der Waals surface area (Å²) in [5.41, 5.74) is 6.57. The number of fused-ring (bicyclic) bond motifs is 3. The molecule has 0 aliphatic carbocycles. The maximum atomic E-state index is 13.7. The Bertz CT molecular complexity index is 1330. The average Bonchev–Trinajstić information content (AvgIpc) is 3.45. The Labute approximate surface area is 205 Å². The number of piperidine rings is 1. The van der Waals surface area contributed by atoms with E-state index in [4.69, 9.17) is 0 Å². The zero-order valence-electron chi connectivity index (χ0n) is 20.1. The molecular formula is C29H31N5O. The lowest BCUT2D eigenvalue weighted by molar-refractivity contribution is 0.0524. The van der Waals surface area contributed by atoms with E-state index in [1.807, 2.05) is 30.5 Å². The molecule has 2 bridgehead atoms. The molecule has 6 heteroatoms. The third-order valence-corrected chi connectivity index (χ3v) is 7.81. The van der Waals surface area contributed by atoms with Gasteiger partial charge in [-0.3, -0.25) is 14.9 Å². The highest BCUT2D eigenvalue weighted by Crippen LogP contribution is 2.41. The number of anilines is 1. The van der Waals surface area contributed by atoms with Crippen LogP contribution in [0, 0.1) is 12.8 Å². The minimum absolute atomic E-state index is 0.183. The molecule has 2 atom stereocenters. The van der Waals surface area contributed by atoms with Crippen molar-refractivity contribution in [2.45, 2.75) is 57.7 Å². The topological polar surface area (TPSA) is 73.9 Å². The van der Waals surface area contributed by atoms with Crippen LogP contribution >= 0.6 is 0 Å². The van der Waals surface area contributed by atoms with Crippen molar-refractivity contribution in [2.24, 2.45) is 5.92 Å². The van der Waals surface area contributed by atoms with Gasteiger partial charge in [-0.05, 0) is 98.0 Å². The molecule has 2 aliphatic heterocycles. The van der Waals surface area contributed by atoms with Crippen LogP contribution in [-0.4, -0.2) is 38.1 Å². The fourth-order valence-electron chi connectivity index (χ4n) is 6.03. The number of rotatable bonds is 6. The first-order valence-corrected chi connectivity index (χ1v) is 12.6. The van der Waals surface area contributed by atoms with E-state index in [0.29, 0.717) is 24.5 Å². The van der Waals surface area contributed by atoms with Crippen LogP contribution in [0.25, 0.3) is 10.9 Å². The summed E-state index contributed by atoms with van der Waals surface area (Å²) in [6.45, 7) is 2.79. The lowest BCUT2D eigenvalue weighted by Crippen LogP contribution is -2.46. The Morgan fingerprint density at radius 2 is 1.83 bits per heavy atom. The summed E-state index contributed by atoms with van der Waals surface area (Å²) < 4.78 is 0. The van der Waals surface area contributed by atoms with Crippen molar-refractivity contribution in [1.29, 1.82) is 0 Å². The lowest BCUT2D eigenvalue weighted by Gasteiger charge is -2.39. The zero-order chi connectivity index (χ0) is 23.8. The predicted octanol–water partition coefficient (Wildman–Crippen LogP) is 5.50. The summed E-state index contributed by atoms with van der Waals surface area (Å²) in [4.78, 5) is 19.9. The summed E-state index contributed by atoms with van der Waals surface area (Å²) in [7, 11) is 0. The van der Waals surface area contributed by atoms with Crippen LogP contribution in [0.2, 0.25) is 0 Å². The molecule has 2 saturated heterocycles. The molecule has 2 N–H and O–H groups in total. The van der Waals surface area contributed by atoms with Gasteiger partial charge in [-0.1, -0.05) is 12.1 Å². The Hall–Kier alpha value is -3.67. The van der Waals surface area contributed by atoms with Gasteiger partial charge in [0.25, 0.3) is 5.91 Å². The van der Waals surface area contributed by atoms with Crippen LogP contribution in [0.15, 0.2) is 67.1 Å². The summed E-state index contributed by atoms with van der Waals surface area (Å²) in [6, 6.07) is 17.4. The van der Waals surface area contributed by atoms with E-state index < -0.39 is 0 Å². The molecule has 35 heavy (non-hydrogen) atoms. The highest BCUT2D eigenvalue weighted by atomic mass is 16.2. The number of nitrogens with zero attached hydrogens (tertiary/aromatic N) is 3. The van der Waals surface area contributed by atoms with Crippen LogP contribution in [0.3, 0.4) is 0 Å². The second-order valence-corrected chi connectivity index (χ2v) is 10.2. The molecule has 2 aromatic carbocycles. The minimum atomic E-state index is 0.183. The van der Waals surface area contributed by atoms with Gasteiger partial charge in [0, 0.05) is 47.7 Å². The molecule has 0 saturated carbocycles. The van der Waals surface area contributed by atoms with Gasteiger partial charge >= 0.3 is 0 Å². The smallest absolute Gasteiger partial charge is 0.254 e. The monoisotopic (exact) mass is 465 g/mol. The van der Waals surface area contributed by atoms with Crippen molar-refractivity contribution < 1.29 is 4.79 Å². The minimum Gasteiger partial charge on any atom is -0.381 e. The van der Waals surface area contributed by atoms with Crippen LogP contribution in [-0.2, 0) is 13.0 Å².